The summed E-state index contributed by atoms with van der Waals surface area (Å²) in [7, 11) is 0. The average molecular weight is 415 g/mol. The monoisotopic (exact) mass is 414 g/mol. The van der Waals surface area contributed by atoms with Crippen molar-refractivity contribution < 1.29 is 24.6 Å². The number of carbonyl (C=O) groups is 3. The van der Waals surface area contributed by atoms with Crippen LogP contribution < -0.4 is 0 Å². The second kappa shape index (κ2) is 7.60. The zero-order chi connectivity index (χ0) is 22.5. The first-order chi connectivity index (χ1) is 13.9. The van der Waals surface area contributed by atoms with Crippen molar-refractivity contribution in [1.82, 2.24) is 0 Å². The van der Waals surface area contributed by atoms with E-state index in [9.17, 15) is 24.6 Å². The van der Waals surface area contributed by atoms with E-state index in [1.165, 1.54) is 0 Å². The predicted octanol–water partition coefficient (Wildman–Crippen LogP) is 4.26. The van der Waals surface area contributed by atoms with Crippen molar-refractivity contribution in [3.8, 4) is 0 Å². The van der Waals surface area contributed by atoms with Gasteiger partial charge < -0.3 is 10.2 Å². The number of fused-ring (bicyclic) bond motifs is 3. The summed E-state index contributed by atoms with van der Waals surface area (Å²) in [6.07, 6.45) is 8.41. The molecule has 0 aliphatic heterocycles. The smallest absolute Gasteiger partial charge is 0.312 e. The van der Waals surface area contributed by atoms with Gasteiger partial charge in [0.2, 0.25) is 0 Å². The Morgan fingerprint density at radius 3 is 2.37 bits per heavy atom. The maximum Gasteiger partial charge on any atom is 0.312 e. The summed E-state index contributed by atoms with van der Waals surface area (Å²) >= 11 is 0. The van der Waals surface area contributed by atoms with Gasteiger partial charge >= 0.3 is 5.97 Å². The van der Waals surface area contributed by atoms with E-state index in [-0.39, 0.29) is 28.4 Å². The molecule has 3 saturated carbocycles. The topological polar surface area (TPSA) is 91.7 Å². The van der Waals surface area contributed by atoms with Gasteiger partial charge in [0.15, 0.2) is 5.78 Å². The molecular formula is C25H34O5. The number of carboxylic acids is 1. The third-order valence-corrected chi connectivity index (χ3v) is 8.67. The summed E-state index contributed by atoms with van der Waals surface area (Å²) in [5, 5.41) is 20.6. The standard InChI is InChI=1S/C25H34O5/c1-15(14-26)7-6-8-16(2)21-17(27)13-19-23(3)12-10-20(28)25(5,22(29)30)18(23)9-11-24(19,21)4/h6-8,14,18-20,28H,9-13H2,1-5H3,(H,29,30)/b8-6+,15-7+,21-16-/t18-,19+,20-,23+,24+,25-/m1/s1. The van der Waals surface area contributed by atoms with Gasteiger partial charge in [-0.15, -0.1) is 0 Å². The van der Waals surface area contributed by atoms with Gasteiger partial charge in [0.05, 0.1) is 11.5 Å². The van der Waals surface area contributed by atoms with Crippen molar-refractivity contribution in [3.05, 3.63) is 34.9 Å². The molecule has 3 aliphatic carbocycles. The van der Waals surface area contributed by atoms with Gasteiger partial charge in [-0.25, -0.2) is 0 Å². The molecule has 0 aromatic rings. The van der Waals surface area contributed by atoms with E-state index in [1.807, 2.05) is 19.1 Å². The van der Waals surface area contributed by atoms with Gasteiger partial charge in [0.25, 0.3) is 0 Å². The molecular weight excluding hydrogens is 380 g/mol. The number of carbonyl (C=O) groups excluding carboxylic acids is 2. The number of aliphatic hydroxyl groups is 1. The van der Waals surface area contributed by atoms with Crippen molar-refractivity contribution >= 4 is 18.0 Å². The molecule has 6 atom stereocenters. The van der Waals surface area contributed by atoms with Crippen LogP contribution in [0.2, 0.25) is 0 Å². The first kappa shape index (κ1) is 22.7. The Morgan fingerprint density at radius 2 is 1.77 bits per heavy atom. The molecule has 2 N–H and O–H groups in total. The fraction of sp³-hybridized carbons (Fsp3) is 0.640. The molecule has 164 valence electrons. The minimum Gasteiger partial charge on any atom is -0.481 e. The van der Waals surface area contributed by atoms with Crippen LogP contribution in [-0.4, -0.2) is 34.4 Å². The van der Waals surface area contributed by atoms with Crippen LogP contribution in [0, 0.1) is 28.1 Å². The van der Waals surface area contributed by atoms with Gasteiger partial charge in [0, 0.05) is 17.4 Å². The number of carboxylic acid groups (broad SMARTS) is 1. The largest absolute Gasteiger partial charge is 0.481 e. The molecule has 0 bridgehead atoms. The molecule has 0 aromatic carbocycles. The Kier molecular flexibility index (Phi) is 5.74. The number of aliphatic carboxylic acids is 1. The Morgan fingerprint density at radius 1 is 1.10 bits per heavy atom. The molecule has 3 aliphatic rings. The highest BCUT2D eigenvalue weighted by molar-refractivity contribution is 6.01. The van der Waals surface area contributed by atoms with E-state index >= 15 is 0 Å². The van der Waals surface area contributed by atoms with Crippen LogP contribution in [0.3, 0.4) is 0 Å². The minimum absolute atomic E-state index is 0.0630. The Balaban J connectivity index is 2.04. The van der Waals surface area contributed by atoms with Gasteiger partial charge in [-0.3, -0.25) is 14.4 Å². The van der Waals surface area contributed by atoms with Crippen molar-refractivity contribution in [1.29, 1.82) is 0 Å². The molecule has 30 heavy (non-hydrogen) atoms. The van der Waals surface area contributed by atoms with E-state index in [4.69, 9.17) is 0 Å². The summed E-state index contributed by atoms with van der Waals surface area (Å²) in [5.74, 6) is -0.893. The summed E-state index contributed by atoms with van der Waals surface area (Å²) in [4.78, 5) is 36.2. The lowest BCUT2D eigenvalue weighted by Gasteiger charge is -2.61. The van der Waals surface area contributed by atoms with Crippen molar-refractivity contribution in [2.75, 3.05) is 0 Å². The number of hydrogen-bond donors (Lipinski definition) is 2. The van der Waals surface area contributed by atoms with Crippen LogP contribution in [0.5, 0.6) is 0 Å². The van der Waals surface area contributed by atoms with E-state index in [2.05, 4.69) is 13.8 Å². The van der Waals surface area contributed by atoms with Crippen LogP contribution in [0.1, 0.15) is 66.7 Å². The van der Waals surface area contributed by atoms with Crippen LogP contribution in [0.25, 0.3) is 0 Å². The number of allylic oxidation sites excluding steroid dienone is 6. The molecule has 3 fully saturated rings. The lowest BCUT2D eigenvalue weighted by atomic mass is 9.43. The summed E-state index contributed by atoms with van der Waals surface area (Å²) in [6.45, 7) is 9.67. The number of hydrogen-bond acceptors (Lipinski definition) is 4. The predicted molar refractivity (Wildman–Crippen MR) is 115 cm³/mol. The number of ketones is 1. The van der Waals surface area contributed by atoms with Crippen LogP contribution in [-0.2, 0) is 14.4 Å². The second-order valence-electron chi connectivity index (χ2n) is 10.3. The number of Topliss-reactive ketones (excluding diaryl/α,β-unsaturated/α-hetero) is 1. The van der Waals surface area contributed by atoms with Gasteiger partial charge in [-0.1, -0.05) is 32.1 Å². The van der Waals surface area contributed by atoms with Gasteiger partial charge in [0.1, 0.15) is 6.29 Å². The number of aldehydes is 1. The summed E-state index contributed by atoms with van der Waals surface area (Å²) < 4.78 is 0. The highest BCUT2D eigenvalue weighted by Gasteiger charge is 2.67. The third-order valence-electron chi connectivity index (χ3n) is 8.67. The lowest BCUT2D eigenvalue weighted by molar-refractivity contribution is -0.194. The molecule has 0 spiro atoms. The van der Waals surface area contributed by atoms with Crippen LogP contribution in [0.4, 0.5) is 0 Å². The zero-order valence-electron chi connectivity index (χ0n) is 18.7. The molecule has 0 radical (unpaired) electrons. The van der Waals surface area contributed by atoms with E-state index in [0.29, 0.717) is 24.8 Å². The van der Waals surface area contributed by atoms with Gasteiger partial charge in [-0.05, 0) is 74.9 Å². The molecule has 5 nitrogen and oxygen atoms in total. The third kappa shape index (κ3) is 3.13. The summed E-state index contributed by atoms with van der Waals surface area (Å²) in [6, 6.07) is 0. The molecule has 0 unspecified atom stereocenters. The quantitative estimate of drug-likeness (QED) is 0.407. The molecule has 0 aromatic heterocycles. The minimum atomic E-state index is -1.18. The van der Waals surface area contributed by atoms with E-state index < -0.39 is 17.5 Å². The first-order valence-electron chi connectivity index (χ1n) is 10.9. The van der Waals surface area contributed by atoms with Crippen LogP contribution in [0.15, 0.2) is 34.9 Å². The highest BCUT2D eigenvalue weighted by Crippen LogP contribution is 2.69. The Bertz CT molecular complexity index is 865. The highest BCUT2D eigenvalue weighted by atomic mass is 16.4. The van der Waals surface area contributed by atoms with E-state index in [1.54, 1.807) is 19.9 Å². The Labute approximate surface area is 178 Å². The van der Waals surface area contributed by atoms with Crippen molar-refractivity contribution in [3.63, 3.8) is 0 Å². The number of aliphatic hydroxyl groups excluding tert-OH is 1. The van der Waals surface area contributed by atoms with Gasteiger partial charge in [-0.2, -0.15) is 0 Å². The fourth-order valence-electron chi connectivity index (χ4n) is 7.02. The fourth-order valence-corrected chi connectivity index (χ4v) is 7.02. The summed E-state index contributed by atoms with van der Waals surface area (Å²) in [5.41, 5.74) is 0.585. The zero-order valence-corrected chi connectivity index (χ0v) is 18.7. The maximum absolute atomic E-state index is 13.2. The van der Waals surface area contributed by atoms with Crippen molar-refractivity contribution in [2.45, 2.75) is 72.8 Å². The molecule has 0 saturated heterocycles. The SMILES string of the molecule is C\C(C=O)=C/C=C/C(C)=C1/C(=O)C[C@H]2[C@@]3(C)CC[C@@H](O)[C@](C)(C(=O)O)[C@@H]3CC[C@]12C. The molecule has 3 rings (SSSR count). The average Bonchev–Trinajstić information content (AvgIpc) is 2.96. The van der Waals surface area contributed by atoms with Crippen molar-refractivity contribution in [2.24, 2.45) is 28.1 Å². The molecule has 5 heteroatoms. The molecule has 0 heterocycles. The van der Waals surface area contributed by atoms with Crippen LogP contribution >= 0.6 is 0 Å². The second-order valence-corrected chi connectivity index (χ2v) is 10.3. The Hall–Kier alpha value is -2.01. The first-order valence-corrected chi connectivity index (χ1v) is 10.9. The maximum atomic E-state index is 13.2. The lowest BCUT2D eigenvalue weighted by Crippen LogP contribution is -2.61. The van der Waals surface area contributed by atoms with E-state index in [0.717, 1.165) is 30.3 Å². The normalized spacial score (nSPS) is 43.3. The molecule has 0 amide bonds. The number of rotatable bonds is 4.